The second-order valence-corrected chi connectivity index (χ2v) is 23.8. The van der Waals surface area contributed by atoms with Crippen LogP contribution < -0.4 is 31.7 Å². The van der Waals surface area contributed by atoms with Gasteiger partial charge in [-0.25, -0.2) is 4.98 Å². The van der Waals surface area contributed by atoms with Crippen LogP contribution in [0.4, 0.5) is 24.5 Å². The van der Waals surface area contributed by atoms with E-state index in [1.165, 1.54) is 4.90 Å². The van der Waals surface area contributed by atoms with Crippen molar-refractivity contribution in [2.75, 3.05) is 116 Å². The van der Waals surface area contributed by atoms with Gasteiger partial charge in [-0.15, -0.1) is 11.3 Å². The lowest BCUT2D eigenvalue weighted by atomic mass is 9.85. The summed E-state index contributed by atoms with van der Waals surface area (Å²) in [4.78, 5) is 96.5. The quantitative estimate of drug-likeness (QED) is 0.0428. The molecule has 3 aromatic carbocycles. The normalized spacial score (nSPS) is 17.6. The molecule has 0 spiro atoms. The standard InChI is InChI=1S/C61H78F3N11O9S/c1-40-55(85-39-68-40)43-11-9-41(10-12-43)35-67-58(81)51-33-46(76)38-75(51)59(82)56(60(2,3)4)70-53(78)16-28-84-30-29-83-27-15-52(77)65-17-18-72-21-23-73(24-22-72)37-42-7-6-8-44(31-42)45-13-14-50(74-25-19-71(5)20-26-74)49(32-45)69-57(80)47-36-66-54(79)34-48(47)61(62,63)64/h6-14,31-32,34,36,39,46,51,56,76H,15-30,33,35,37-38H2,1-5H3,(H,65,77)(H,66,79)(H,67,81)(H,69,80)(H,70,78)/t46-,51+,56?/m1/s1. The Kier molecular flexibility index (Phi) is 22.1. The largest absolute Gasteiger partial charge is 0.417 e. The van der Waals surface area contributed by atoms with Crippen LogP contribution in [0.1, 0.15) is 72.8 Å². The van der Waals surface area contributed by atoms with Crippen LogP contribution in [0.5, 0.6) is 0 Å². The molecule has 3 fully saturated rings. The average molecular weight is 1200 g/mol. The summed E-state index contributed by atoms with van der Waals surface area (Å²) in [7, 11) is 2.01. The summed E-state index contributed by atoms with van der Waals surface area (Å²) >= 11 is 1.56. The van der Waals surface area contributed by atoms with Crippen molar-refractivity contribution in [3.8, 4) is 21.6 Å². The van der Waals surface area contributed by atoms with Gasteiger partial charge in [0.05, 0.1) is 71.1 Å². The number of hydrogen-bond acceptors (Lipinski definition) is 15. The predicted octanol–water partition coefficient (Wildman–Crippen LogP) is 5.35. The topological polar surface area (TPSA) is 234 Å². The number of benzene rings is 3. The first-order valence-corrected chi connectivity index (χ1v) is 29.7. The number of aromatic amines is 1. The number of rotatable bonds is 24. The number of carbonyl (C=O) groups is 5. The third-order valence-corrected chi connectivity index (χ3v) is 16.5. The van der Waals surface area contributed by atoms with E-state index in [2.05, 4.69) is 56.9 Å². The fourth-order valence-corrected chi connectivity index (χ4v) is 11.4. The van der Waals surface area contributed by atoms with Crippen molar-refractivity contribution in [2.45, 2.75) is 84.4 Å². The van der Waals surface area contributed by atoms with E-state index < -0.39 is 64.2 Å². The third kappa shape index (κ3) is 18.0. The monoisotopic (exact) mass is 1200 g/mol. The van der Waals surface area contributed by atoms with Gasteiger partial charge in [0.2, 0.25) is 29.2 Å². The molecule has 0 radical (unpaired) electrons. The summed E-state index contributed by atoms with van der Waals surface area (Å²) in [5.74, 6) is -2.36. The molecule has 0 saturated carbocycles. The number of amides is 5. The van der Waals surface area contributed by atoms with E-state index in [1.807, 2.05) is 89.3 Å². The first kappa shape index (κ1) is 63.9. The van der Waals surface area contributed by atoms with Gasteiger partial charge in [0.25, 0.3) is 5.91 Å². The van der Waals surface area contributed by atoms with Gasteiger partial charge in [-0.2, -0.15) is 13.2 Å². The van der Waals surface area contributed by atoms with Crippen LogP contribution in [0.3, 0.4) is 0 Å². The van der Waals surface area contributed by atoms with E-state index in [-0.39, 0.29) is 70.6 Å². The van der Waals surface area contributed by atoms with Gasteiger partial charge in [0.1, 0.15) is 12.1 Å². The van der Waals surface area contributed by atoms with Gasteiger partial charge < -0.3 is 55.5 Å². The molecule has 8 rings (SSSR count). The zero-order chi connectivity index (χ0) is 60.8. The van der Waals surface area contributed by atoms with Gasteiger partial charge in [-0.05, 0) is 65.4 Å². The number of aryl methyl sites for hydroxylation is 1. The molecule has 85 heavy (non-hydrogen) atoms. The number of nitrogens with zero attached hydrogens (tertiary/aromatic N) is 6. The highest BCUT2D eigenvalue weighted by molar-refractivity contribution is 7.13. The minimum absolute atomic E-state index is 0.0216. The minimum Gasteiger partial charge on any atom is -0.391 e. The van der Waals surface area contributed by atoms with Gasteiger partial charge in [0, 0.05) is 117 Å². The van der Waals surface area contributed by atoms with Gasteiger partial charge in [-0.1, -0.05) is 69.3 Å². The molecule has 20 nitrogen and oxygen atoms in total. The minimum atomic E-state index is -4.91. The summed E-state index contributed by atoms with van der Waals surface area (Å²) in [5, 5.41) is 22.1. The Morgan fingerprint density at radius 2 is 1.47 bits per heavy atom. The van der Waals surface area contributed by atoms with Crippen LogP contribution in [-0.2, 0) is 47.9 Å². The molecule has 0 aliphatic carbocycles. The number of halogens is 3. The number of nitrogens with one attached hydrogen (secondary N) is 5. The van der Waals surface area contributed by atoms with Crippen LogP contribution in [0, 0.1) is 12.3 Å². The molecule has 3 aliphatic heterocycles. The number of H-pyrrole nitrogens is 1. The second-order valence-electron chi connectivity index (χ2n) is 22.9. The molecule has 3 saturated heterocycles. The van der Waals surface area contributed by atoms with Crippen LogP contribution in [0.2, 0.25) is 0 Å². The number of anilines is 2. The van der Waals surface area contributed by atoms with E-state index in [0.29, 0.717) is 50.2 Å². The molecule has 2 aromatic heterocycles. The molecule has 5 amide bonds. The Morgan fingerprint density at radius 1 is 0.800 bits per heavy atom. The molecule has 5 aromatic rings. The molecule has 1 unspecified atom stereocenters. The van der Waals surface area contributed by atoms with Crippen LogP contribution in [0.25, 0.3) is 21.6 Å². The predicted molar refractivity (Wildman–Crippen MR) is 319 cm³/mol. The van der Waals surface area contributed by atoms with Crippen molar-refractivity contribution in [1.29, 1.82) is 0 Å². The van der Waals surface area contributed by atoms with Crippen LogP contribution >= 0.6 is 11.3 Å². The summed E-state index contributed by atoms with van der Waals surface area (Å²) in [6, 6.07) is 20.0. The number of aromatic nitrogens is 2. The van der Waals surface area contributed by atoms with Gasteiger partial charge in [0.15, 0.2) is 0 Å². The Labute approximate surface area is 497 Å². The Morgan fingerprint density at radius 3 is 2.14 bits per heavy atom. The molecule has 0 bridgehead atoms. The summed E-state index contributed by atoms with van der Waals surface area (Å²) in [6.07, 6.45) is -4.77. The number of carbonyl (C=O) groups excluding carboxylic acids is 5. The molecule has 458 valence electrons. The number of likely N-dealkylation sites (tertiary alicyclic amines) is 1. The number of hydrogen-bond donors (Lipinski definition) is 6. The SMILES string of the molecule is Cc1ncsc1-c1ccc(CNC(=O)[C@@H]2C[C@@H](O)CN2C(=O)C(NC(=O)CCOCCOCCC(=O)NCCN2CCN(Cc3cccc(-c4ccc(N5CCN(C)CC5)c(NC(=O)c5c[nH]c(=O)cc5C(F)(F)F)c4)c3)CC2)C(C)(C)C)cc1. The average Bonchev–Trinajstić information content (AvgIpc) is 4.33. The van der Waals surface area contributed by atoms with Gasteiger partial charge >= 0.3 is 6.18 Å². The summed E-state index contributed by atoms with van der Waals surface area (Å²) in [5.41, 5.74) is 4.77. The number of likely N-dealkylation sites (N-methyl/N-ethyl adjacent to an activating group) is 1. The van der Waals surface area contributed by atoms with Crippen molar-refractivity contribution < 1.29 is 51.7 Å². The number of piperazine rings is 2. The number of β-amino-alcohol motifs (C(OH)–C–C–N with tert-alkyl or cyclic N) is 1. The highest BCUT2D eigenvalue weighted by atomic mass is 32.1. The number of ether oxygens (including phenoxy) is 2. The zero-order valence-electron chi connectivity index (χ0n) is 48.9. The van der Waals surface area contributed by atoms with E-state index in [0.717, 1.165) is 83.9 Å². The third-order valence-electron chi connectivity index (χ3n) is 15.5. The van der Waals surface area contributed by atoms with E-state index >= 15 is 0 Å². The number of thiazole rings is 1. The lowest BCUT2D eigenvalue weighted by molar-refractivity contribution is -0.144. The molecule has 6 N–H and O–H groups in total. The first-order valence-electron chi connectivity index (χ1n) is 28.8. The van der Waals surface area contributed by atoms with Crippen molar-refractivity contribution in [3.05, 3.63) is 123 Å². The highest BCUT2D eigenvalue weighted by Crippen LogP contribution is 2.36. The zero-order valence-corrected chi connectivity index (χ0v) is 49.7. The molecule has 24 heteroatoms. The van der Waals surface area contributed by atoms with Crippen molar-refractivity contribution in [1.82, 2.24) is 45.5 Å². The number of pyridine rings is 1. The molecule has 3 atom stereocenters. The maximum absolute atomic E-state index is 14.0. The molecule has 5 heterocycles. The second kappa shape index (κ2) is 29.4. The molecular weight excluding hydrogens is 1120 g/mol. The van der Waals surface area contributed by atoms with Crippen LogP contribution in [-0.4, -0.2) is 188 Å². The number of alkyl halides is 3. The van der Waals surface area contributed by atoms with E-state index in [9.17, 15) is 47.0 Å². The van der Waals surface area contributed by atoms with E-state index in [1.54, 1.807) is 22.9 Å². The molecule has 3 aliphatic rings. The molecular formula is C61H78F3N11O9S. The van der Waals surface area contributed by atoms with Crippen molar-refractivity contribution >= 4 is 52.2 Å². The number of aliphatic hydroxyl groups is 1. The van der Waals surface area contributed by atoms with Crippen LogP contribution in [0.15, 0.2) is 89.3 Å². The number of aliphatic hydroxyl groups excluding tert-OH is 1. The Bertz CT molecular complexity index is 3160. The smallest absolute Gasteiger partial charge is 0.391 e. The first-order chi connectivity index (χ1) is 40.6. The Hall–Kier alpha value is -7.06. The maximum atomic E-state index is 14.0. The maximum Gasteiger partial charge on any atom is 0.417 e. The fourth-order valence-electron chi connectivity index (χ4n) is 10.6. The lowest BCUT2D eigenvalue weighted by Gasteiger charge is -2.35. The summed E-state index contributed by atoms with van der Waals surface area (Å²) < 4.78 is 53.1. The Balaban J connectivity index is 0.702. The van der Waals surface area contributed by atoms with Crippen molar-refractivity contribution in [2.24, 2.45) is 5.41 Å². The van der Waals surface area contributed by atoms with Crippen molar-refractivity contribution in [3.63, 3.8) is 0 Å². The summed E-state index contributed by atoms with van der Waals surface area (Å²) in [6.45, 7) is 16.3. The fraction of sp³-hybridized carbons (Fsp3) is 0.492. The lowest BCUT2D eigenvalue weighted by Crippen LogP contribution is -2.57. The van der Waals surface area contributed by atoms with Gasteiger partial charge in [-0.3, -0.25) is 38.6 Å². The highest BCUT2D eigenvalue weighted by Gasteiger charge is 2.44. The van der Waals surface area contributed by atoms with E-state index in [4.69, 9.17) is 9.47 Å².